The van der Waals surface area contributed by atoms with E-state index in [1.807, 2.05) is 24.3 Å². The highest BCUT2D eigenvalue weighted by Gasteiger charge is 2.53. The Kier molecular flexibility index (Phi) is 5.70. The van der Waals surface area contributed by atoms with E-state index in [1.165, 1.54) is 27.8 Å². The first-order chi connectivity index (χ1) is 24.0. The number of rotatable bonds is 2. The molecular weight excluding hydrogens is 597 g/mol. The molecule has 7 aromatic rings. The molecule has 0 fully saturated rings. The van der Waals surface area contributed by atoms with Crippen molar-refractivity contribution in [1.82, 2.24) is 4.98 Å². The SMILES string of the molecule is CC1(C)c2ccc(-c3ccccn3)cc2C(=O)c2cc3c(cc21)C1(c2ccccc2-3)c2ccccc2N(c2ccccc2)c2ccccc21. The topological polar surface area (TPSA) is 33.2 Å². The number of nitrogens with zero attached hydrogens (tertiary/aromatic N) is 2. The van der Waals surface area contributed by atoms with Crippen LogP contribution in [0.1, 0.15) is 63.1 Å². The van der Waals surface area contributed by atoms with Gasteiger partial charge in [-0.3, -0.25) is 9.78 Å². The Labute approximate surface area is 286 Å². The van der Waals surface area contributed by atoms with Crippen LogP contribution in [0.25, 0.3) is 22.4 Å². The highest BCUT2D eigenvalue weighted by Crippen LogP contribution is 2.64. The van der Waals surface area contributed by atoms with Crippen LogP contribution in [0.3, 0.4) is 0 Å². The average Bonchev–Trinajstić information content (AvgIpc) is 3.44. The van der Waals surface area contributed by atoms with E-state index in [0.717, 1.165) is 56.1 Å². The Morgan fingerprint density at radius 1 is 0.490 bits per heavy atom. The van der Waals surface area contributed by atoms with E-state index >= 15 is 0 Å². The predicted octanol–water partition coefficient (Wildman–Crippen LogP) is 10.8. The number of hydrogen-bond donors (Lipinski definition) is 0. The molecule has 3 aliphatic rings. The van der Waals surface area contributed by atoms with Crippen LogP contribution in [0.5, 0.6) is 0 Å². The van der Waals surface area contributed by atoms with E-state index in [0.29, 0.717) is 0 Å². The maximum Gasteiger partial charge on any atom is 0.193 e. The third-order valence-electron chi connectivity index (χ3n) is 11.1. The van der Waals surface area contributed by atoms with Crippen molar-refractivity contribution < 1.29 is 4.79 Å². The third kappa shape index (κ3) is 3.62. The van der Waals surface area contributed by atoms with E-state index in [1.54, 1.807) is 6.20 Å². The van der Waals surface area contributed by atoms with Crippen LogP contribution in [-0.4, -0.2) is 10.8 Å². The predicted molar refractivity (Wildman–Crippen MR) is 197 cm³/mol. The second kappa shape index (κ2) is 9.98. The number of hydrogen-bond acceptors (Lipinski definition) is 3. The molecular formula is C46H32N2O. The van der Waals surface area contributed by atoms with E-state index in [2.05, 4.69) is 151 Å². The molecule has 0 bridgehead atoms. The van der Waals surface area contributed by atoms with Gasteiger partial charge >= 0.3 is 0 Å². The summed E-state index contributed by atoms with van der Waals surface area (Å²) in [7, 11) is 0. The summed E-state index contributed by atoms with van der Waals surface area (Å²) in [5.41, 5.74) is 15.2. The summed E-state index contributed by atoms with van der Waals surface area (Å²) in [6.45, 7) is 4.53. The smallest absolute Gasteiger partial charge is 0.193 e. The van der Waals surface area contributed by atoms with E-state index in [9.17, 15) is 4.79 Å². The quantitative estimate of drug-likeness (QED) is 0.191. The fourth-order valence-corrected chi connectivity index (χ4v) is 8.97. The molecule has 3 heteroatoms. The molecule has 0 radical (unpaired) electrons. The molecule has 1 aromatic heterocycles. The highest BCUT2D eigenvalue weighted by atomic mass is 16.1. The lowest BCUT2D eigenvalue weighted by Gasteiger charge is -2.45. The maximum atomic E-state index is 14.6. The molecule has 1 aliphatic heterocycles. The number of carbonyl (C=O) groups is 1. The van der Waals surface area contributed by atoms with Crippen LogP contribution in [-0.2, 0) is 10.8 Å². The van der Waals surface area contributed by atoms with Crippen LogP contribution >= 0.6 is 0 Å². The van der Waals surface area contributed by atoms with Gasteiger partial charge < -0.3 is 4.90 Å². The van der Waals surface area contributed by atoms with E-state index in [4.69, 9.17) is 0 Å². The minimum Gasteiger partial charge on any atom is -0.310 e. The first kappa shape index (κ1) is 28.0. The molecule has 0 amide bonds. The summed E-state index contributed by atoms with van der Waals surface area (Å²) >= 11 is 0. The number of carbonyl (C=O) groups excluding carboxylic acids is 1. The van der Waals surface area contributed by atoms with Crippen molar-refractivity contribution in [2.45, 2.75) is 24.7 Å². The highest BCUT2D eigenvalue weighted by molar-refractivity contribution is 6.15. The zero-order valence-corrected chi connectivity index (χ0v) is 27.3. The van der Waals surface area contributed by atoms with Crippen molar-refractivity contribution in [3.05, 3.63) is 202 Å². The normalized spacial score (nSPS) is 15.5. The number of para-hydroxylation sites is 3. The minimum atomic E-state index is -0.568. The zero-order chi connectivity index (χ0) is 32.9. The van der Waals surface area contributed by atoms with Gasteiger partial charge in [-0.25, -0.2) is 0 Å². The van der Waals surface area contributed by atoms with Gasteiger partial charge in [-0.15, -0.1) is 0 Å². The molecule has 3 nitrogen and oxygen atoms in total. The number of pyridine rings is 1. The molecule has 2 heterocycles. The number of ketones is 1. The molecule has 0 unspecified atom stereocenters. The van der Waals surface area contributed by atoms with Gasteiger partial charge in [-0.05, 0) is 93.0 Å². The van der Waals surface area contributed by atoms with Crippen molar-refractivity contribution in [3.8, 4) is 22.4 Å². The number of benzene rings is 6. The van der Waals surface area contributed by atoms with Gasteiger partial charge in [0, 0.05) is 34.0 Å². The lowest BCUT2D eigenvalue weighted by atomic mass is 9.62. The van der Waals surface area contributed by atoms with Gasteiger partial charge in [0.05, 0.1) is 22.5 Å². The summed E-state index contributed by atoms with van der Waals surface area (Å²) in [4.78, 5) is 21.6. The third-order valence-corrected chi connectivity index (χ3v) is 11.1. The van der Waals surface area contributed by atoms with Crippen LogP contribution in [0.2, 0.25) is 0 Å². The standard InChI is InChI=1S/C46H32N2O/c1-45(2)35-24-23-29(41-20-12-13-25-47-41)26-33(35)44(49)34-27-32-31-16-6-7-17-36(31)46(40(32)28-39(34)45)37-18-8-10-21-42(37)48(30-14-4-3-5-15-30)43-22-11-9-19-38(43)46/h3-28H,1-2H3. The molecule has 10 rings (SSSR count). The van der Waals surface area contributed by atoms with Crippen LogP contribution in [0.15, 0.2) is 158 Å². The van der Waals surface area contributed by atoms with Crippen LogP contribution < -0.4 is 4.90 Å². The molecule has 2 aliphatic carbocycles. The number of anilines is 3. The maximum absolute atomic E-state index is 14.6. The molecule has 232 valence electrons. The lowest BCUT2D eigenvalue weighted by Crippen LogP contribution is -2.37. The summed E-state index contributed by atoms with van der Waals surface area (Å²) in [6.07, 6.45) is 1.80. The van der Waals surface area contributed by atoms with Gasteiger partial charge in [-0.1, -0.05) is 117 Å². The van der Waals surface area contributed by atoms with Gasteiger partial charge in [0.1, 0.15) is 0 Å². The van der Waals surface area contributed by atoms with E-state index < -0.39 is 10.8 Å². The van der Waals surface area contributed by atoms with Gasteiger partial charge in [0.15, 0.2) is 5.78 Å². The summed E-state index contributed by atoms with van der Waals surface area (Å²) in [6, 6.07) is 53.9. The molecule has 0 N–H and O–H groups in total. The Morgan fingerprint density at radius 2 is 1.12 bits per heavy atom. The number of fused-ring (bicyclic) bond motifs is 11. The Bertz CT molecular complexity index is 2450. The fraction of sp³-hybridized carbons (Fsp3) is 0.0870. The van der Waals surface area contributed by atoms with Crippen LogP contribution in [0.4, 0.5) is 17.1 Å². The van der Waals surface area contributed by atoms with Crippen molar-refractivity contribution in [2.24, 2.45) is 0 Å². The average molecular weight is 629 g/mol. The number of aromatic nitrogens is 1. The molecule has 49 heavy (non-hydrogen) atoms. The first-order valence-corrected chi connectivity index (χ1v) is 16.9. The van der Waals surface area contributed by atoms with Gasteiger partial charge in [0.2, 0.25) is 0 Å². The molecule has 0 saturated carbocycles. The molecule has 1 spiro atoms. The molecule has 6 aromatic carbocycles. The van der Waals surface area contributed by atoms with Crippen molar-refractivity contribution in [2.75, 3.05) is 4.90 Å². The Balaban J connectivity index is 1.27. The zero-order valence-electron chi connectivity index (χ0n) is 27.3. The monoisotopic (exact) mass is 628 g/mol. The summed E-state index contributed by atoms with van der Waals surface area (Å²) in [5, 5.41) is 0. The second-order valence-electron chi connectivity index (χ2n) is 13.9. The largest absolute Gasteiger partial charge is 0.310 e. The Hall–Kier alpha value is -6.06. The second-order valence-corrected chi connectivity index (χ2v) is 13.9. The fourth-order valence-electron chi connectivity index (χ4n) is 8.97. The van der Waals surface area contributed by atoms with Crippen molar-refractivity contribution >= 4 is 22.8 Å². The summed E-state index contributed by atoms with van der Waals surface area (Å²) in [5.74, 6) is 0.0723. The first-order valence-electron chi connectivity index (χ1n) is 16.9. The molecule has 0 atom stereocenters. The Morgan fingerprint density at radius 3 is 1.84 bits per heavy atom. The molecule has 0 saturated heterocycles. The lowest BCUT2D eigenvalue weighted by molar-refractivity contribution is 0.103. The van der Waals surface area contributed by atoms with Gasteiger partial charge in [0.25, 0.3) is 0 Å². The van der Waals surface area contributed by atoms with Gasteiger partial charge in [-0.2, -0.15) is 0 Å². The van der Waals surface area contributed by atoms with Crippen molar-refractivity contribution in [3.63, 3.8) is 0 Å². The minimum absolute atomic E-state index is 0.0723. The van der Waals surface area contributed by atoms with Crippen molar-refractivity contribution in [1.29, 1.82) is 0 Å². The summed E-state index contributed by atoms with van der Waals surface area (Å²) < 4.78 is 0. The van der Waals surface area contributed by atoms with Crippen LogP contribution in [0, 0.1) is 0 Å². The van der Waals surface area contributed by atoms with E-state index in [-0.39, 0.29) is 5.78 Å².